The highest BCUT2D eigenvalue weighted by atomic mass is 32.1. The second-order valence-corrected chi connectivity index (χ2v) is 4.23. The monoisotopic (exact) mass is 246 g/mol. The lowest BCUT2D eigenvalue weighted by Crippen LogP contribution is -2.19. The molecule has 0 fully saturated rings. The number of hydrogen-bond acceptors (Lipinski definition) is 2. The van der Waals surface area contributed by atoms with E-state index in [0.717, 1.165) is 11.5 Å². The fourth-order valence-electron chi connectivity index (χ4n) is 1.48. The molecule has 0 unspecified atom stereocenters. The molecule has 0 amide bonds. The maximum atomic E-state index is 5.20. The summed E-state index contributed by atoms with van der Waals surface area (Å²) in [6.45, 7) is 2.04. The Labute approximate surface area is 106 Å². The van der Waals surface area contributed by atoms with Gasteiger partial charge in [-0.05, 0) is 36.8 Å². The zero-order valence-corrected chi connectivity index (χ0v) is 10.6. The van der Waals surface area contributed by atoms with Crippen LogP contribution in [0.15, 0.2) is 36.5 Å². The molecule has 5 heteroatoms. The molecule has 88 valence electrons. The fourth-order valence-corrected chi connectivity index (χ4v) is 1.71. The van der Waals surface area contributed by atoms with Crippen LogP contribution < -0.4 is 10.6 Å². The topological polar surface area (TPSA) is 41.9 Å². The Kier molecular flexibility index (Phi) is 3.39. The molecule has 0 aliphatic rings. The van der Waals surface area contributed by atoms with Gasteiger partial charge < -0.3 is 10.6 Å². The smallest absolute Gasteiger partial charge is 0.176 e. The SMILES string of the molecule is Cc1cccc(NC(=S)Nc2ccn(C)n2)c1. The van der Waals surface area contributed by atoms with E-state index >= 15 is 0 Å². The highest BCUT2D eigenvalue weighted by molar-refractivity contribution is 7.80. The highest BCUT2D eigenvalue weighted by Crippen LogP contribution is 2.10. The lowest BCUT2D eigenvalue weighted by molar-refractivity contribution is 0.772. The summed E-state index contributed by atoms with van der Waals surface area (Å²) in [5, 5.41) is 10.9. The zero-order valence-electron chi connectivity index (χ0n) is 9.77. The van der Waals surface area contributed by atoms with E-state index in [4.69, 9.17) is 12.2 Å². The van der Waals surface area contributed by atoms with E-state index in [-0.39, 0.29) is 0 Å². The van der Waals surface area contributed by atoms with Crippen molar-refractivity contribution in [3.63, 3.8) is 0 Å². The van der Waals surface area contributed by atoms with Crippen LogP contribution in [0.2, 0.25) is 0 Å². The molecule has 2 N–H and O–H groups in total. The number of aryl methyl sites for hydroxylation is 2. The second-order valence-electron chi connectivity index (χ2n) is 3.82. The molecular formula is C12H14N4S. The van der Waals surface area contributed by atoms with Crippen LogP contribution in [0, 0.1) is 6.92 Å². The Balaban J connectivity index is 1.98. The summed E-state index contributed by atoms with van der Waals surface area (Å²) in [5.74, 6) is 0.734. The van der Waals surface area contributed by atoms with E-state index in [1.807, 2.05) is 50.5 Å². The number of nitrogens with zero attached hydrogens (tertiary/aromatic N) is 2. The number of nitrogens with one attached hydrogen (secondary N) is 2. The van der Waals surface area contributed by atoms with E-state index in [2.05, 4.69) is 15.7 Å². The third kappa shape index (κ3) is 3.29. The third-order valence-corrected chi connectivity index (χ3v) is 2.44. The molecule has 0 atom stereocenters. The molecule has 0 radical (unpaired) electrons. The summed E-state index contributed by atoms with van der Waals surface area (Å²) < 4.78 is 1.72. The molecule has 1 aromatic heterocycles. The average Bonchev–Trinajstić information content (AvgIpc) is 2.63. The van der Waals surface area contributed by atoms with E-state index in [1.54, 1.807) is 4.68 Å². The number of rotatable bonds is 2. The molecule has 2 rings (SSSR count). The maximum absolute atomic E-state index is 5.20. The van der Waals surface area contributed by atoms with Crippen LogP contribution in [0.4, 0.5) is 11.5 Å². The van der Waals surface area contributed by atoms with Gasteiger partial charge in [-0.3, -0.25) is 4.68 Å². The van der Waals surface area contributed by atoms with Gasteiger partial charge in [-0.15, -0.1) is 0 Å². The largest absolute Gasteiger partial charge is 0.332 e. The molecule has 2 aromatic rings. The van der Waals surface area contributed by atoms with Crippen LogP contribution in [0.25, 0.3) is 0 Å². The van der Waals surface area contributed by atoms with Gasteiger partial charge in [0.15, 0.2) is 10.9 Å². The van der Waals surface area contributed by atoms with Gasteiger partial charge in [-0.25, -0.2) is 0 Å². The molecule has 0 saturated carbocycles. The summed E-state index contributed by atoms with van der Waals surface area (Å²) in [7, 11) is 1.86. The predicted molar refractivity (Wildman–Crippen MR) is 74.2 cm³/mol. The molecular weight excluding hydrogens is 232 g/mol. The first-order chi connectivity index (χ1) is 8.13. The first-order valence-corrected chi connectivity index (χ1v) is 5.68. The first-order valence-electron chi connectivity index (χ1n) is 5.28. The minimum absolute atomic E-state index is 0.536. The van der Waals surface area contributed by atoms with E-state index in [1.165, 1.54) is 5.56 Å². The van der Waals surface area contributed by atoms with Gasteiger partial charge in [0.2, 0.25) is 0 Å². The molecule has 0 aliphatic carbocycles. The van der Waals surface area contributed by atoms with E-state index < -0.39 is 0 Å². The van der Waals surface area contributed by atoms with Gasteiger partial charge in [-0.1, -0.05) is 12.1 Å². The van der Waals surface area contributed by atoms with Crippen LogP contribution in [-0.4, -0.2) is 14.9 Å². The number of thiocarbonyl (C=S) groups is 1. The van der Waals surface area contributed by atoms with Crippen molar-refractivity contribution in [3.05, 3.63) is 42.1 Å². The first kappa shape index (κ1) is 11.6. The Hall–Kier alpha value is -1.88. The zero-order chi connectivity index (χ0) is 12.3. The molecule has 4 nitrogen and oxygen atoms in total. The maximum Gasteiger partial charge on any atom is 0.176 e. The molecule has 0 aliphatic heterocycles. The minimum atomic E-state index is 0.536. The summed E-state index contributed by atoms with van der Waals surface area (Å²) >= 11 is 5.20. The van der Waals surface area contributed by atoms with Crippen molar-refractivity contribution in [1.82, 2.24) is 9.78 Å². The van der Waals surface area contributed by atoms with Crippen LogP contribution in [0.1, 0.15) is 5.56 Å². The van der Waals surface area contributed by atoms with Crippen LogP contribution >= 0.6 is 12.2 Å². The summed E-state index contributed by atoms with van der Waals surface area (Å²) in [4.78, 5) is 0. The van der Waals surface area contributed by atoms with Gasteiger partial charge in [0.05, 0.1) is 0 Å². The van der Waals surface area contributed by atoms with Crippen LogP contribution in [0.3, 0.4) is 0 Å². The molecule has 0 saturated heterocycles. The third-order valence-electron chi connectivity index (χ3n) is 2.23. The van der Waals surface area contributed by atoms with Gasteiger partial charge in [0, 0.05) is 25.0 Å². The molecule has 1 heterocycles. The van der Waals surface area contributed by atoms with Gasteiger partial charge >= 0.3 is 0 Å². The number of aromatic nitrogens is 2. The molecule has 1 aromatic carbocycles. The van der Waals surface area contributed by atoms with Crippen molar-refractivity contribution >= 4 is 28.8 Å². The summed E-state index contributed by atoms with van der Waals surface area (Å²) in [6, 6.07) is 9.90. The van der Waals surface area contributed by atoms with Crippen LogP contribution in [-0.2, 0) is 7.05 Å². The predicted octanol–water partition coefficient (Wildman–Crippen LogP) is 2.54. The summed E-state index contributed by atoms with van der Waals surface area (Å²) in [5.41, 5.74) is 2.16. The Morgan fingerprint density at radius 3 is 2.76 bits per heavy atom. The lowest BCUT2D eigenvalue weighted by atomic mass is 10.2. The lowest BCUT2D eigenvalue weighted by Gasteiger charge is -2.08. The molecule has 17 heavy (non-hydrogen) atoms. The molecule has 0 bridgehead atoms. The van der Waals surface area contributed by atoms with Crippen molar-refractivity contribution in [2.45, 2.75) is 6.92 Å². The minimum Gasteiger partial charge on any atom is -0.332 e. The van der Waals surface area contributed by atoms with E-state index in [9.17, 15) is 0 Å². The number of hydrogen-bond donors (Lipinski definition) is 2. The fraction of sp³-hybridized carbons (Fsp3) is 0.167. The highest BCUT2D eigenvalue weighted by Gasteiger charge is 2.00. The second kappa shape index (κ2) is 4.97. The van der Waals surface area contributed by atoms with E-state index in [0.29, 0.717) is 5.11 Å². The number of anilines is 2. The van der Waals surface area contributed by atoms with Crippen molar-refractivity contribution in [1.29, 1.82) is 0 Å². The Morgan fingerprint density at radius 1 is 1.29 bits per heavy atom. The van der Waals surface area contributed by atoms with Crippen molar-refractivity contribution in [2.24, 2.45) is 7.05 Å². The Morgan fingerprint density at radius 2 is 2.12 bits per heavy atom. The normalized spacial score (nSPS) is 10.0. The van der Waals surface area contributed by atoms with Gasteiger partial charge in [0.1, 0.15) is 0 Å². The number of benzene rings is 1. The van der Waals surface area contributed by atoms with Crippen molar-refractivity contribution < 1.29 is 0 Å². The standard InChI is InChI=1S/C12H14N4S/c1-9-4-3-5-10(8-9)13-12(17)14-11-6-7-16(2)15-11/h3-8H,1-2H3,(H2,13,14,15,17). The van der Waals surface area contributed by atoms with Gasteiger partial charge in [-0.2, -0.15) is 5.10 Å². The average molecular weight is 246 g/mol. The Bertz CT molecular complexity index is 533. The molecule has 0 spiro atoms. The quantitative estimate of drug-likeness (QED) is 0.799. The summed E-state index contributed by atoms with van der Waals surface area (Å²) in [6.07, 6.45) is 1.86. The van der Waals surface area contributed by atoms with Crippen molar-refractivity contribution in [3.8, 4) is 0 Å². The van der Waals surface area contributed by atoms with Crippen molar-refractivity contribution in [2.75, 3.05) is 10.6 Å². The van der Waals surface area contributed by atoms with Gasteiger partial charge in [0.25, 0.3) is 0 Å². The van der Waals surface area contributed by atoms with Crippen LogP contribution in [0.5, 0.6) is 0 Å².